The molecule has 20 heavy (non-hydrogen) atoms. The van der Waals surface area contributed by atoms with Gasteiger partial charge in [0.15, 0.2) is 10.8 Å². The maximum atomic E-state index is 4.68. The van der Waals surface area contributed by atoms with Crippen LogP contribution in [-0.2, 0) is 0 Å². The molecular formula is C16H17N3S. The monoisotopic (exact) mass is 283 g/mol. The Bertz CT molecular complexity index is 774. The number of hydrogen-bond donors (Lipinski definition) is 0. The summed E-state index contributed by atoms with van der Waals surface area (Å²) in [6.07, 6.45) is 0. The summed E-state index contributed by atoms with van der Waals surface area (Å²) < 4.78 is 0. The first-order valence-corrected chi connectivity index (χ1v) is 7.63. The topological polar surface area (TPSA) is 38.7 Å². The van der Waals surface area contributed by atoms with E-state index in [0.717, 1.165) is 33.1 Å². The van der Waals surface area contributed by atoms with Crippen LogP contribution in [0.25, 0.3) is 21.7 Å². The summed E-state index contributed by atoms with van der Waals surface area (Å²) >= 11 is 1.62. The summed E-state index contributed by atoms with van der Waals surface area (Å²) in [4.78, 5) is 13.9. The average molecular weight is 283 g/mol. The van der Waals surface area contributed by atoms with Crippen LogP contribution in [0.2, 0.25) is 0 Å². The average Bonchev–Trinajstić information content (AvgIpc) is 2.87. The molecule has 0 fully saturated rings. The van der Waals surface area contributed by atoms with Crippen molar-refractivity contribution in [3.05, 3.63) is 40.5 Å². The molecule has 0 spiro atoms. The molecule has 102 valence electrons. The van der Waals surface area contributed by atoms with Gasteiger partial charge in [-0.2, -0.15) is 0 Å². The van der Waals surface area contributed by atoms with E-state index in [1.165, 1.54) is 5.56 Å². The molecule has 0 aliphatic heterocycles. The summed E-state index contributed by atoms with van der Waals surface area (Å²) in [7, 11) is 0. The molecule has 0 saturated carbocycles. The zero-order chi connectivity index (χ0) is 14.3. The minimum absolute atomic E-state index is 0.434. The quantitative estimate of drug-likeness (QED) is 0.695. The van der Waals surface area contributed by atoms with Crippen LogP contribution in [0, 0.1) is 13.8 Å². The second-order valence-electron chi connectivity index (χ2n) is 5.39. The number of benzene rings is 1. The predicted molar refractivity (Wildman–Crippen MR) is 84.2 cm³/mol. The van der Waals surface area contributed by atoms with Crippen molar-refractivity contribution in [2.45, 2.75) is 33.6 Å². The Morgan fingerprint density at radius 3 is 2.55 bits per heavy atom. The van der Waals surface area contributed by atoms with E-state index in [0.29, 0.717) is 5.92 Å². The third kappa shape index (κ3) is 2.31. The van der Waals surface area contributed by atoms with Gasteiger partial charge in [-0.05, 0) is 31.4 Å². The number of rotatable bonds is 2. The van der Waals surface area contributed by atoms with Crippen molar-refractivity contribution in [3.8, 4) is 10.8 Å². The van der Waals surface area contributed by atoms with Gasteiger partial charge in [0, 0.05) is 16.5 Å². The highest BCUT2D eigenvalue weighted by atomic mass is 32.1. The first kappa shape index (κ1) is 13.2. The molecule has 0 aliphatic carbocycles. The van der Waals surface area contributed by atoms with Crippen LogP contribution in [0.15, 0.2) is 23.6 Å². The summed E-state index contributed by atoms with van der Waals surface area (Å²) in [5.41, 5.74) is 4.32. The minimum atomic E-state index is 0.434. The van der Waals surface area contributed by atoms with Crippen molar-refractivity contribution in [1.82, 2.24) is 15.0 Å². The van der Waals surface area contributed by atoms with Gasteiger partial charge in [0.2, 0.25) is 0 Å². The Morgan fingerprint density at radius 1 is 1.05 bits per heavy atom. The number of fused-ring (bicyclic) bond motifs is 1. The van der Waals surface area contributed by atoms with Gasteiger partial charge in [0.25, 0.3) is 0 Å². The summed E-state index contributed by atoms with van der Waals surface area (Å²) in [5, 5.41) is 4.11. The lowest BCUT2D eigenvalue weighted by Gasteiger charge is -2.04. The van der Waals surface area contributed by atoms with Crippen LogP contribution in [0.1, 0.15) is 36.7 Å². The molecule has 3 rings (SSSR count). The van der Waals surface area contributed by atoms with Gasteiger partial charge in [-0.15, -0.1) is 11.3 Å². The van der Waals surface area contributed by atoms with E-state index in [9.17, 15) is 0 Å². The maximum absolute atomic E-state index is 4.68. The molecule has 0 amide bonds. The summed E-state index contributed by atoms with van der Waals surface area (Å²) in [5.74, 6) is 1.17. The second kappa shape index (κ2) is 4.94. The van der Waals surface area contributed by atoms with Gasteiger partial charge >= 0.3 is 0 Å². The fourth-order valence-corrected chi connectivity index (χ4v) is 3.06. The van der Waals surface area contributed by atoms with Gasteiger partial charge in [-0.1, -0.05) is 26.0 Å². The zero-order valence-corrected chi connectivity index (χ0v) is 13.0. The van der Waals surface area contributed by atoms with Gasteiger partial charge in [0.1, 0.15) is 0 Å². The molecule has 0 N–H and O–H groups in total. The van der Waals surface area contributed by atoms with Gasteiger partial charge in [-0.3, -0.25) is 0 Å². The lowest BCUT2D eigenvalue weighted by Crippen LogP contribution is -1.95. The van der Waals surface area contributed by atoms with Crippen molar-refractivity contribution in [2.24, 2.45) is 0 Å². The first-order valence-electron chi connectivity index (χ1n) is 6.75. The molecule has 0 bridgehead atoms. The Hall–Kier alpha value is -1.81. The summed E-state index contributed by atoms with van der Waals surface area (Å²) in [6, 6.07) is 6.29. The number of aryl methyl sites for hydroxylation is 2. The SMILES string of the molecule is Cc1ccc2c(C)nc(-c3nc(C(C)C)cs3)nc2c1. The summed E-state index contributed by atoms with van der Waals surface area (Å²) in [6.45, 7) is 8.40. The third-order valence-corrected chi connectivity index (χ3v) is 4.20. The maximum Gasteiger partial charge on any atom is 0.189 e. The molecule has 0 radical (unpaired) electrons. The lowest BCUT2D eigenvalue weighted by atomic mass is 10.1. The van der Waals surface area contributed by atoms with E-state index in [4.69, 9.17) is 0 Å². The molecule has 4 heteroatoms. The standard InChI is InChI=1S/C16H17N3S/c1-9(2)14-8-20-16(19-14)15-17-11(4)12-6-5-10(3)7-13(12)18-15/h5-9H,1-4H3. The van der Waals surface area contributed by atoms with Crippen LogP contribution in [-0.4, -0.2) is 15.0 Å². The molecule has 3 nitrogen and oxygen atoms in total. The molecule has 3 aromatic rings. The van der Waals surface area contributed by atoms with Crippen LogP contribution in [0.4, 0.5) is 0 Å². The fraction of sp³-hybridized carbons (Fsp3) is 0.312. The second-order valence-corrected chi connectivity index (χ2v) is 6.24. The largest absolute Gasteiger partial charge is 0.237 e. The highest BCUT2D eigenvalue weighted by molar-refractivity contribution is 7.13. The van der Waals surface area contributed by atoms with E-state index in [1.54, 1.807) is 11.3 Å². The number of hydrogen-bond acceptors (Lipinski definition) is 4. The fourth-order valence-electron chi connectivity index (χ4n) is 2.15. The lowest BCUT2D eigenvalue weighted by molar-refractivity contribution is 0.833. The van der Waals surface area contributed by atoms with Crippen LogP contribution in [0.3, 0.4) is 0 Å². The van der Waals surface area contributed by atoms with Crippen LogP contribution < -0.4 is 0 Å². The Morgan fingerprint density at radius 2 is 1.85 bits per heavy atom. The first-order chi connectivity index (χ1) is 9.54. The smallest absolute Gasteiger partial charge is 0.189 e. The highest BCUT2D eigenvalue weighted by Crippen LogP contribution is 2.26. The molecular weight excluding hydrogens is 266 g/mol. The normalized spacial score (nSPS) is 11.4. The number of thiazole rings is 1. The Kier molecular flexibility index (Phi) is 3.26. The number of aromatic nitrogens is 3. The Balaban J connectivity index is 2.15. The van der Waals surface area contributed by atoms with Crippen LogP contribution in [0.5, 0.6) is 0 Å². The predicted octanol–water partition coefficient (Wildman–Crippen LogP) is 4.49. The third-order valence-electron chi connectivity index (χ3n) is 3.35. The Labute approximate surface area is 122 Å². The number of nitrogens with zero attached hydrogens (tertiary/aromatic N) is 3. The molecule has 1 aromatic carbocycles. The van der Waals surface area contributed by atoms with E-state index < -0.39 is 0 Å². The molecule has 0 saturated heterocycles. The van der Waals surface area contributed by atoms with Crippen LogP contribution >= 0.6 is 11.3 Å². The highest BCUT2D eigenvalue weighted by Gasteiger charge is 2.12. The van der Waals surface area contributed by atoms with Crippen molar-refractivity contribution >= 4 is 22.2 Å². The van der Waals surface area contributed by atoms with Gasteiger partial charge < -0.3 is 0 Å². The van der Waals surface area contributed by atoms with Gasteiger partial charge in [0.05, 0.1) is 11.2 Å². The minimum Gasteiger partial charge on any atom is -0.237 e. The van der Waals surface area contributed by atoms with Crippen molar-refractivity contribution < 1.29 is 0 Å². The van der Waals surface area contributed by atoms with E-state index in [2.05, 4.69) is 59.3 Å². The van der Waals surface area contributed by atoms with Crippen molar-refractivity contribution in [3.63, 3.8) is 0 Å². The van der Waals surface area contributed by atoms with E-state index in [1.807, 2.05) is 6.92 Å². The van der Waals surface area contributed by atoms with Crippen molar-refractivity contribution in [2.75, 3.05) is 0 Å². The zero-order valence-electron chi connectivity index (χ0n) is 12.1. The molecule has 2 heterocycles. The molecule has 2 aromatic heterocycles. The molecule has 0 unspecified atom stereocenters. The molecule has 0 atom stereocenters. The van der Waals surface area contributed by atoms with Crippen molar-refractivity contribution in [1.29, 1.82) is 0 Å². The van der Waals surface area contributed by atoms with E-state index in [-0.39, 0.29) is 0 Å². The van der Waals surface area contributed by atoms with E-state index >= 15 is 0 Å². The molecule has 0 aliphatic rings. The van der Waals surface area contributed by atoms with Gasteiger partial charge in [-0.25, -0.2) is 15.0 Å².